The van der Waals surface area contributed by atoms with Gasteiger partial charge in [0, 0.05) is 18.2 Å². The number of hydrogen-bond acceptors (Lipinski definition) is 2. The van der Waals surface area contributed by atoms with Gasteiger partial charge in [0.05, 0.1) is 6.10 Å². The molecule has 0 aliphatic heterocycles. The molecule has 90 valence electrons. The highest BCUT2D eigenvalue weighted by atomic mass is 16.5. The lowest BCUT2D eigenvalue weighted by atomic mass is 10.1. The predicted octanol–water partition coefficient (Wildman–Crippen LogP) is 3.28. The lowest BCUT2D eigenvalue weighted by Gasteiger charge is -2.18. The molecule has 0 spiro atoms. The molecule has 0 heterocycles. The van der Waals surface area contributed by atoms with Gasteiger partial charge in [-0.05, 0) is 26.3 Å². The maximum atomic E-state index is 5.87. The zero-order chi connectivity index (χ0) is 12.1. The summed E-state index contributed by atoms with van der Waals surface area (Å²) in [7, 11) is 0. The van der Waals surface area contributed by atoms with E-state index in [4.69, 9.17) is 4.74 Å². The summed E-state index contributed by atoms with van der Waals surface area (Å²) in [6.07, 6.45) is 0.221. The molecular weight excluding hydrogens is 198 g/mol. The normalized spacial score (nSPS) is 11.2. The van der Waals surface area contributed by atoms with Crippen molar-refractivity contribution in [3.63, 3.8) is 0 Å². The molecule has 1 rings (SSSR count). The van der Waals surface area contributed by atoms with Crippen LogP contribution in [-0.4, -0.2) is 12.1 Å². The van der Waals surface area contributed by atoms with Crippen molar-refractivity contribution in [1.29, 1.82) is 0 Å². The summed E-state index contributed by atoms with van der Waals surface area (Å²) in [6, 6.07) is 6.80. The van der Waals surface area contributed by atoms with E-state index in [1.54, 1.807) is 0 Å². The number of ether oxygens (including phenoxy) is 1. The molecule has 1 aromatic carbocycles. The molecule has 2 heteroatoms. The van der Waals surface area contributed by atoms with Gasteiger partial charge in [0.2, 0.25) is 0 Å². The second-order valence-electron chi connectivity index (χ2n) is 4.77. The van der Waals surface area contributed by atoms with E-state index in [0.717, 1.165) is 12.3 Å². The van der Waals surface area contributed by atoms with Crippen LogP contribution in [0.1, 0.15) is 38.8 Å². The summed E-state index contributed by atoms with van der Waals surface area (Å²) in [4.78, 5) is 0. The Balaban J connectivity index is 2.85. The minimum Gasteiger partial charge on any atom is -0.490 e. The van der Waals surface area contributed by atoms with Gasteiger partial charge >= 0.3 is 0 Å². The molecule has 0 aliphatic carbocycles. The maximum absolute atomic E-state index is 5.87. The van der Waals surface area contributed by atoms with E-state index in [2.05, 4.69) is 58.1 Å². The van der Waals surface area contributed by atoms with Crippen LogP contribution >= 0.6 is 0 Å². The van der Waals surface area contributed by atoms with E-state index in [0.29, 0.717) is 6.04 Å². The Morgan fingerprint density at radius 2 is 1.88 bits per heavy atom. The van der Waals surface area contributed by atoms with Crippen molar-refractivity contribution in [1.82, 2.24) is 5.32 Å². The van der Waals surface area contributed by atoms with E-state index < -0.39 is 0 Å². The minimum atomic E-state index is 0.221. The summed E-state index contributed by atoms with van der Waals surface area (Å²) < 4.78 is 5.87. The standard InChI is InChI=1S/C14H23NO/c1-10(2)15-9-13-8-6-7-12(5)14(13)16-11(3)4/h6-8,10-11,15H,9H2,1-5H3. The first-order valence-corrected chi connectivity index (χ1v) is 5.99. The first-order chi connectivity index (χ1) is 7.50. The molecule has 0 unspecified atom stereocenters. The average molecular weight is 221 g/mol. The molecule has 0 fully saturated rings. The molecule has 0 saturated heterocycles. The lowest BCUT2D eigenvalue weighted by Crippen LogP contribution is -2.22. The van der Waals surface area contributed by atoms with Crippen LogP contribution in [0.3, 0.4) is 0 Å². The Morgan fingerprint density at radius 3 is 2.44 bits per heavy atom. The smallest absolute Gasteiger partial charge is 0.127 e. The number of hydrogen-bond donors (Lipinski definition) is 1. The highest BCUT2D eigenvalue weighted by Crippen LogP contribution is 2.24. The molecule has 2 nitrogen and oxygen atoms in total. The maximum Gasteiger partial charge on any atom is 0.127 e. The number of nitrogens with one attached hydrogen (secondary N) is 1. The molecule has 1 aromatic rings. The number of rotatable bonds is 5. The molecule has 0 atom stereocenters. The van der Waals surface area contributed by atoms with E-state index in [1.807, 2.05) is 0 Å². The van der Waals surface area contributed by atoms with E-state index in [-0.39, 0.29) is 6.10 Å². The SMILES string of the molecule is Cc1cccc(CNC(C)C)c1OC(C)C. The van der Waals surface area contributed by atoms with Gasteiger partial charge in [-0.1, -0.05) is 32.0 Å². The molecule has 0 aromatic heterocycles. The number of para-hydroxylation sites is 1. The second-order valence-corrected chi connectivity index (χ2v) is 4.77. The third kappa shape index (κ3) is 3.86. The van der Waals surface area contributed by atoms with Gasteiger partial charge in [0.25, 0.3) is 0 Å². The topological polar surface area (TPSA) is 21.3 Å². The fraction of sp³-hybridized carbons (Fsp3) is 0.571. The van der Waals surface area contributed by atoms with Crippen molar-refractivity contribution in [2.24, 2.45) is 0 Å². The van der Waals surface area contributed by atoms with Crippen molar-refractivity contribution in [3.05, 3.63) is 29.3 Å². The van der Waals surface area contributed by atoms with E-state index in [9.17, 15) is 0 Å². The summed E-state index contributed by atoms with van der Waals surface area (Å²) >= 11 is 0. The lowest BCUT2D eigenvalue weighted by molar-refractivity contribution is 0.237. The van der Waals surface area contributed by atoms with Gasteiger partial charge < -0.3 is 10.1 Å². The third-order valence-electron chi connectivity index (χ3n) is 2.35. The van der Waals surface area contributed by atoms with Gasteiger partial charge in [-0.25, -0.2) is 0 Å². The van der Waals surface area contributed by atoms with Crippen molar-refractivity contribution < 1.29 is 4.74 Å². The van der Waals surface area contributed by atoms with Gasteiger partial charge in [-0.3, -0.25) is 0 Å². The molecule has 0 amide bonds. The average Bonchev–Trinajstić information content (AvgIpc) is 2.18. The van der Waals surface area contributed by atoms with Crippen LogP contribution in [0.4, 0.5) is 0 Å². The Hall–Kier alpha value is -1.02. The molecule has 0 bridgehead atoms. The highest BCUT2D eigenvalue weighted by Gasteiger charge is 2.08. The van der Waals surface area contributed by atoms with E-state index >= 15 is 0 Å². The van der Waals surface area contributed by atoms with Crippen LogP contribution in [0.5, 0.6) is 5.75 Å². The molecule has 0 aliphatic rings. The summed E-state index contributed by atoms with van der Waals surface area (Å²) in [5, 5.41) is 3.42. The molecule has 0 saturated carbocycles. The molecule has 0 radical (unpaired) electrons. The zero-order valence-corrected chi connectivity index (χ0v) is 11.0. The Bertz CT molecular complexity index is 332. The van der Waals surface area contributed by atoms with Gasteiger partial charge in [0.1, 0.15) is 5.75 Å². The van der Waals surface area contributed by atoms with Gasteiger partial charge in [0.15, 0.2) is 0 Å². The Morgan fingerprint density at radius 1 is 1.19 bits per heavy atom. The van der Waals surface area contributed by atoms with Crippen LogP contribution < -0.4 is 10.1 Å². The van der Waals surface area contributed by atoms with Crippen molar-refractivity contribution in [2.75, 3.05) is 0 Å². The first-order valence-electron chi connectivity index (χ1n) is 5.99. The summed E-state index contributed by atoms with van der Waals surface area (Å²) in [5.41, 5.74) is 2.44. The first kappa shape index (κ1) is 13.0. The highest BCUT2D eigenvalue weighted by molar-refractivity contribution is 5.40. The van der Waals surface area contributed by atoms with Crippen LogP contribution in [0.2, 0.25) is 0 Å². The third-order valence-corrected chi connectivity index (χ3v) is 2.35. The fourth-order valence-corrected chi connectivity index (χ4v) is 1.57. The van der Waals surface area contributed by atoms with Crippen LogP contribution in [0, 0.1) is 6.92 Å². The van der Waals surface area contributed by atoms with Gasteiger partial charge in [-0.2, -0.15) is 0 Å². The van der Waals surface area contributed by atoms with Crippen LogP contribution in [0.25, 0.3) is 0 Å². The van der Waals surface area contributed by atoms with Crippen molar-refractivity contribution in [2.45, 2.75) is 53.3 Å². The number of aryl methyl sites for hydroxylation is 1. The van der Waals surface area contributed by atoms with Crippen molar-refractivity contribution >= 4 is 0 Å². The van der Waals surface area contributed by atoms with Gasteiger partial charge in [-0.15, -0.1) is 0 Å². The Kier molecular flexibility index (Phi) is 4.81. The largest absolute Gasteiger partial charge is 0.490 e. The molecule has 1 N–H and O–H groups in total. The molecular formula is C14H23NO. The Labute approximate surface area is 99.0 Å². The second kappa shape index (κ2) is 5.90. The summed E-state index contributed by atoms with van der Waals surface area (Å²) in [6.45, 7) is 11.4. The van der Waals surface area contributed by atoms with Crippen molar-refractivity contribution in [3.8, 4) is 5.75 Å². The van der Waals surface area contributed by atoms with Crippen LogP contribution in [0.15, 0.2) is 18.2 Å². The van der Waals surface area contributed by atoms with E-state index in [1.165, 1.54) is 11.1 Å². The van der Waals surface area contributed by atoms with Crippen LogP contribution in [-0.2, 0) is 6.54 Å². The monoisotopic (exact) mass is 221 g/mol. The minimum absolute atomic E-state index is 0.221. The summed E-state index contributed by atoms with van der Waals surface area (Å²) in [5.74, 6) is 1.03. The quantitative estimate of drug-likeness (QED) is 0.824. The molecule has 16 heavy (non-hydrogen) atoms. The predicted molar refractivity (Wildman–Crippen MR) is 68.9 cm³/mol. The fourth-order valence-electron chi connectivity index (χ4n) is 1.57. The zero-order valence-electron chi connectivity index (χ0n) is 11.0. The number of benzene rings is 1.